The number of carboxylic acids is 1. The molecule has 0 aliphatic rings. The minimum Gasteiger partial charge on any atom is -0.481 e. The summed E-state index contributed by atoms with van der Waals surface area (Å²) in [7, 11) is 0. The number of carboxylic acid groups (broad SMARTS) is 1. The normalized spacial score (nSPS) is 10.5. The Morgan fingerprint density at radius 2 is 1.82 bits per heavy atom. The Bertz CT molecular complexity index is 381. The molecular weight excluding hydrogens is 216 g/mol. The van der Waals surface area contributed by atoms with Gasteiger partial charge in [0.25, 0.3) is 0 Å². The largest absolute Gasteiger partial charge is 0.481 e. The molecule has 0 radical (unpaired) electrons. The standard InChI is InChI=1S/C12H16O3.C2H6/c1-8-4-5-9(7-13)10(6-8)12(2,3)11(14)15;1-2/h4-6,13H,7H2,1-3H3,(H,14,15);1-2H3. The summed E-state index contributed by atoms with van der Waals surface area (Å²) in [4.78, 5) is 11.1. The fourth-order valence-corrected chi connectivity index (χ4v) is 1.53. The molecular formula is C14H22O3. The highest BCUT2D eigenvalue weighted by molar-refractivity contribution is 5.80. The Morgan fingerprint density at radius 3 is 2.24 bits per heavy atom. The van der Waals surface area contributed by atoms with Gasteiger partial charge in [0, 0.05) is 0 Å². The number of aliphatic hydroxyl groups excluding tert-OH is 1. The zero-order valence-electron chi connectivity index (χ0n) is 11.2. The first-order chi connectivity index (χ1) is 7.89. The van der Waals surface area contributed by atoms with E-state index >= 15 is 0 Å². The fourth-order valence-electron chi connectivity index (χ4n) is 1.53. The number of hydrogen-bond acceptors (Lipinski definition) is 2. The summed E-state index contributed by atoms with van der Waals surface area (Å²) in [5, 5.41) is 18.3. The molecule has 0 aromatic heterocycles. The van der Waals surface area contributed by atoms with Gasteiger partial charge in [-0.15, -0.1) is 0 Å². The Labute approximate surface area is 103 Å². The number of aryl methyl sites for hydroxylation is 1. The number of aliphatic hydroxyl groups is 1. The van der Waals surface area contributed by atoms with Gasteiger partial charge in [-0.25, -0.2) is 0 Å². The summed E-state index contributed by atoms with van der Waals surface area (Å²) in [5.74, 6) is -0.886. The van der Waals surface area contributed by atoms with E-state index in [0.29, 0.717) is 11.1 Å². The van der Waals surface area contributed by atoms with Gasteiger partial charge < -0.3 is 10.2 Å². The number of benzene rings is 1. The summed E-state index contributed by atoms with van der Waals surface area (Å²) >= 11 is 0. The molecule has 17 heavy (non-hydrogen) atoms. The molecule has 0 saturated heterocycles. The van der Waals surface area contributed by atoms with Gasteiger partial charge in [0.05, 0.1) is 12.0 Å². The van der Waals surface area contributed by atoms with E-state index < -0.39 is 11.4 Å². The second kappa shape index (κ2) is 6.40. The van der Waals surface area contributed by atoms with Gasteiger partial charge in [0.2, 0.25) is 0 Å². The zero-order valence-corrected chi connectivity index (χ0v) is 11.2. The van der Waals surface area contributed by atoms with Crippen LogP contribution in [0.2, 0.25) is 0 Å². The maximum atomic E-state index is 11.1. The van der Waals surface area contributed by atoms with E-state index in [0.717, 1.165) is 5.56 Å². The van der Waals surface area contributed by atoms with Gasteiger partial charge in [-0.1, -0.05) is 37.6 Å². The minimum atomic E-state index is -0.968. The van der Waals surface area contributed by atoms with Crippen molar-refractivity contribution in [3.8, 4) is 0 Å². The van der Waals surface area contributed by atoms with Crippen LogP contribution in [0.3, 0.4) is 0 Å². The first-order valence-corrected chi connectivity index (χ1v) is 5.84. The Hall–Kier alpha value is -1.35. The van der Waals surface area contributed by atoms with E-state index in [4.69, 9.17) is 10.2 Å². The third kappa shape index (κ3) is 3.56. The van der Waals surface area contributed by atoms with Crippen LogP contribution >= 0.6 is 0 Å². The number of carbonyl (C=O) groups is 1. The fraction of sp³-hybridized carbons (Fsp3) is 0.500. The summed E-state index contributed by atoms with van der Waals surface area (Å²) in [5.41, 5.74) is 1.38. The smallest absolute Gasteiger partial charge is 0.313 e. The van der Waals surface area contributed by atoms with E-state index in [1.54, 1.807) is 19.9 Å². The van der Waals surface area contributed by atoms with Crippen molar-refractivity contribution in [2.45, 2.75) is 46.6 Å². The van der Waals surface area contributed by atoms with Crippen LogP contribution < -0.4 is 0 Å². The molecule has 0 bridgehead atoms. The van der Waals surface area contributed by atoms with Crippen molar-refractivity contribution < 1.29 is 15.0 Å². The Kier molecular flexibility index (Phi) is 5.89. The third-order valence-corrected chi connectivity index (χ3v) is 2.64. The van der Waals surface area contributed by atoms with E-state index in [1.165, 1.54) is 0 Å². The lowest BCUT2D eigenvalue weighted by atomic mass is 9.81. The molecule has 0 aliphatic carbocycles. The molecule has 0 saturated carbocycles. The Balaban J connectivity index is 0.00000121. The van der Waals surface area contributed by atoms with Crippen molar-refractivity contribution in [1.82, 2.24) is 0 Å². The van der Waals surface area contributed by atoms with Crippen molar-refractivity contribution >= 4 is 5.97 Å². The van der Waals surface area contributed by atoms with Crippen LogP contribution in [0.25, 0.3) is 0 Å². The third-order valence-electron chi connectivity index (χ3n) is 2.64. The molecule has 1 rings (SSSR count). The molecule has 2 N–H and O–H groups in total. The maximum Gasteiger partial charge on any atom is 0.313 e. The lowest BCUT2D eigenvalue weighted by molar-refractivity contribution is -0.142. The number of hydrogen-bond donors (Lipinski definition) is 2. The van der Waals surface area contributed by atoms with Crippen LogP contribution in [-0.2, 0) is 16.8 Å². The molecule has 96 valence electrons. The van der Waals surface area contributed by atoms with Crippen LogP contribution in [0.5, 0.6) is 0 Å². The Morgan fingerprint density at radius 1 is 1.29 bits per heavy atom. The molecule has 0 atom stereocenters. The number of aliphatic carboxylic acids is 1. The molecule has 1 aromatic rings. The lowest BCUT2D eigenvalue weighted by Crippen LogP contribution is -2.30. The SMILES string of the molecule is CC.Cc1ccc(CO)c(C(C)(C)C(=O)O)c1. The predicted molar refractivity (Wildman–Crippen MR) is 69.1 cm³/mol. The molecule has 0 spiro atoms. The van der Waals surface area contributed by atoms with Crippen molar-refractivity contribution in [2.75, 3.05) is 0 Å². The molecule has 3 heteroatoms. The van der Waals surface area contributed by atoms with E-state index in [9.17, 15) is 4.79 Å². The number of rotatable bonds is 3. The average Bonchev–Trinajstić information content (AvgIpc) is 2.31. The highest BCUT2D eigenvalue weighted by Gasteiger charge is 2.31. The van der Waals surface area contributed by atoms with Crippen LogP contribution in [-0.4, -0.2) is 16.2 Å². The van der Waals surface area contributed by atoms with Crippen molar-refractivity contribution in [3.63, 3.8) is 0 Å². The van der Waals surface area contributed by atoms with E-state index in [1.807, 2.05) is 32.9 Å². The van der Waals surface area contributed by atoms with E-state index in [-0.39, 0.29) is 6.61 Å². The summed E-state index contributed by atoms with van der Waals surface area (Å²) < 4.78 is 0. The topological polar surface area (TPSA) is 57.5 Å². The summed E-state index contributed by atoms with van der Waals surface area (Å²) in [6.07, 6.45) is 0. The van der Waals surface area contributed by atoms with Gasteiger partial charge in [0.15, 0.2) is 0 Å². The molecule has 0 amide bonds. The monoisotopic (exact) mass is 238 g/mol. The van der Waals surface area contributed by atoms with Gasteiger partial charge in [0.1, 0.15) is 0 Å². The molecule has 1 aromatic carbocycles. The summed E-state index contributed by atoms with van der Waals surface area (Å²) in [6.45, 7) is 9.06. The highest BCUT2D eigenvalue weighted by Crippen LogP contribution is 2.27. The van der Waals surface area contributed by atoms with Crippen LogP contribution in [0.1, 0.15) is 44.4 Å². The maximum absolute atomic E-state index is 11.1. The van der Waals surface area contributed by atoms with E-state index in [2.05, 4.69) is 0 Å². The second-order valence-electron chi connectivity index (χ2n) is 4.25. The van der Waals surface area contributed by atoms with Crippen molar-refractivity contribution in [3.05, 3.63) is 34.9 Å². The second-order valence-corrected chi connectivity index (χ2v) is 4.25. The van der Waals surface area contributed by atoms with Crippen LogP contribution in [0.4, 0.5) is 0 Å². The first-order valence-electron chi connectivity index (χ1n) is 5.84. The van der Waals surface area contributed by atoms with Crippen molar-refractivity contribution in [2.24, 2.45) is 0 Å². The van der Waals surface area contributed by atoms with Gasteiger partial charge >= 0.3 is 5.97 Å². The highest BCUT2D eigenvalue weighted by atomic mass is 16.4. The summed E-state index contributed by atoms with van der Waals surface area (Å²) in [6, 6.07) is 5.46. The van der Waals surface area contributed by atoms with Gasteiger partial charge in [-0.3, -0.25) is 4.79 Å². The lowest BCUT2D eigenvalue weighted by Gasteiger charge is -2.23. The zero-order chi connectivity index (χ0) is 13.6. The van der Waals surface area contributed by atoms with Crippen molar-refractivity contribution in [1.29, 1.82) is 0 Å². The molecule has 0 aliphatic heterocycles. The quantitative estimate of drug-likeness (QED) is 0.851. The van der Waals surface area contributed by atoms with Crippen LogP contribution in [0.15, 0.2) is 18.2 Å². The molecule has 3 nitrogen and oxygen atoms in total. The first kappa shape index (κ1) is 15.7. The molecule has 0 heterocycles. The predicted octanol–water partition coefficient (Wildman–Crippen LogP) is 2.88. The average molecular weight is 238 g/mol. The molecule has 0 unspecified atom stereocenters. The van der Waals surface area contributed by atoms with Crippen LogP contribution in [0, 0.1) is 6.92 Å². The minimum absolute atomic E-state index is 0.133. The molecule has 0 fully saturated rings. The van der Waals surface area contributed by atoms with Gasteiger partial charge in [-0.05, 0) is 31.9 Å². The van der Waals surface area contributed by atoms with Gasteiger partial charge in [-0.2, -0.15) is 0 Å².